The van der Waals surface area contributed by atoms with E-state index in [0.29, 0.717) is 6.04 Å². The number of fused-ring (bicyclic) bond motifs is 2. The van der Waals surface area contributed by atoms with Crippen LogP contribution in [0.25, 0.3) is 0 Å². The van der Waals surface area contributed by atoms with Gasteiger partial charge in [0.25, 0.3) is 0 Å². The van der Waals surface area contributed by atoms with Crippen molar-refractivity contribution in [1.29, 1.82) is 0 Å². The van der Waals surface area contributed by atoms with E-state index in [1.807, 2.05) is 0 Å². The van der Waals surface area contributed by atoms with Gasteiger partial charge in [-0.3, -0.25) is 0 Å². The summed E-state index contributed by atoms with van der Waals surface area (Å²) in [5.74, 6) is 0. The summed E-state index contributed by atoms with van der Waals surface area (Å²) in [7, 11) is 4.31. The lowest BCUT2D eigenvalue weighted by molar-refractivity contribution is 0.319. The minimum atomic E-state index is 0. The lowest BCUT2D eigenvalue weighted by Gasteiger charge is -2.32. The molecule has 1 aliphatic heterocycles. The van der Waals surface area contributed by atoms with Crippen LogP contribution in [0, 0.1) is 0 Å². The van der Waals surface area contributed by atoms with Crippen LogP contribution in [0.15, 0.2) is 48.5 Å². The van der Waals surface area contributed by atoms with Gasteiger partial charge in [0.2, 0.25) is 0 Å². The molecule has 3 rings (SSSR count). The predicted octanol–water partition coefficient (Wildman–Crippen LogP) is 4.30. The third-order valence-corrected chi connectivity index (χ3v) is 4.56. The Hall–Kier alpha value is -1.51. The number of rotatable bonds is 3. The van der Waals surface area contributed by atoms with Gasteiger partial charge in [-0.15, -0.1) is 12.4 Å². The first-order valence-corrected chi connectivity index (χ1v) is 7.76. The normalized spacial score (nSPS) is 14.6. The van der Waals surface area contributed by atoms with Gasteiger partial charge in [0.1, 0.15) is 0 Å². The van der Waals surface area contributed by atoms with Gasteiger partial charge >= 0.3 is 0 Å². The molecule has 0 bridgehead atoms. The molecular formula is C19H25ClN2. The van der Waals surface area contributed by atoms with Crippen LogP contribution in [-0.4, -0.2) is 31.6 Å². The van der Waals surface area contributed by atoms with Crippen molar-refractivity contribution in [2.24, 2.45) is 0 Å². The van der Waals surface area contributed by atoms with Gasteiger partial charge in [-0.05, 0) is 57.1 Å². The summed E-state index contributed by atoms with van der Waals surface area (Å²) in [5.41, 5.74) is 5.66. The Labute approximate surface area is 140 Å². The summed E-state index contributed by atoms with van der Waals surface area (Å²) >= 11 is 0. The van der Waals surface area contributed by atoms with Crippen molar-refractivity contribution in [2.45, 2.75) is 25.8 Å². The molecule has 0 aliphatic carbocycles. The summed E-state index contributed by atoms with van der Waals surface area (Å²) in [5, 5.41) is 0. The van der Waals surface area contributed by atoms with E-state index in [9.17, 15) is 0 Å². The molecule has 1 aliphatic rings. The van der Waals surface area contributed by atoms with Crippen LogP contribution in [0.1, 0.15) is 18.1 Å². The fraction of sp³-hybridized carbons (Fsp3) is 0.368. The second-order valence-corrected chi connectivity index (χ2v) is 6.18. The molecule has 1 atom stereocenters. The number of benzene rings is 2. The molecule has 1 unspecified atom stereocenters. The highest BCUT2D eigenvalue weighted by Crippen LogP contribution is 2.35. The first-order chi connectivity index (χ1) is 10.2. The Kier molecular flexibility index (Phi) is 5.49. The highest BCUT2D eigenvalue weighted by Gasteiger charge is 2.22. The number of para-hydroxylation sites is 2. The molecule has 2 nitrogen and oxygen atoms in total. The smallest absolute Gasteiger partial charge is 0.0444 e. The molecule has 0 radical (unpaired) electrons. The van der Waals surface area contributed by atoms with Gasteiger partial charge in [0.15, 0.2) is 0 Å². The first kappa shape index (κ1) is 16.9. The van der Waals surface area contributed by atoms with E-state index in [0.717, 1.165) is 19.4 Å². The van der Waals surface area contributed by atoms with Crippen LogP contribution in [0.2, 0.25) is 0 Å². The average Bonchev–Trinajstić information content (AvgIpc) is 2.65. The fourth-order valence-electron chi connectivity index (χ4n) is 2.99. The summed E-state index contributed by atoms with van der Waals surface area (Å²) in [6.45, 7) is 3.30. The molecule has 1 heterocycles. The van der Waals surface area contributed by atoms with E-state index < -0.39 is 0 Å². The third kappa shape index (κ3) is 3.29. The second-order valence-electron chi connectivity index (χ2n) is 6.18. The maximum atomic E-state index is 2.50. The Balaban J connectivity index is 0.00000176. The van der Waals surface area contributed by atoms with Crippen molar-refractivity contribution >= 4 is 23.8 Å². The molecule has 0 fully saturated rings. The van der Waals surface area contributed by atoms with Crippen molar-refractivity contribution in [1.82, 2.24) is 4.90 Å². The second kappa shape index (κ2) is 7.17. The lowest BCUT2D eigenvalue weighted by Crippen LogP contribution is -2.36. The zero-order valence-electron chi connectivity index (χ0n) is 13.6. The largest absolute Gasteiger partial charge is 0.339 e. The minimum absolute atomic E-state index is 0. The Morgan fingerprint density at radius 1 is 0.909 bits per heavy atom. The van der Waals surface area contributed by atoms with Gasteiger partial charge in [-0.2, -0.15) is 0 Å². The predicted molar refractivity (Wildman–Crippen MR) is 97.7 cm³/mol. The summed E-state index contributed by atoms with van der Waals surface area (Å²) in [6, 6.07) is 18.2. The van der Waals surface area contributed by atoms with Crippen LogP contribution < -0.4 is 4.90 Å². The molecular weight excluding hydrogens is 292 g/mol. The first-order valence-electron chi connectivity index (χ1n) is 7.76. The molecule has 0 spiro atoms. The minimum Gasteiger partial charge on any atom is -0.339 e. The molecule has 0 aromatic heterocycles. The van der Waals surface area contributed by atoms with E-state index in [2.05, 4.69) is 79.3 Å². The van der Waals surface area contributed by atoms with Crippen molar-refractivity contribution in [3.05, 3.63) is 59.7 Å². The summed E-state index contributed by atoms with van der Waals surface area (Å²) in [4.78, 5) is 4.79. The molecule has 0 saturated carbocycles. The number of hydrogen-bond acceptors (Lipinski definition) is 2. The van der Waals surface area contributed by atoms with E-state index >= 15 is 0 Å². The average molecular weight is 317 g/mol. The molecule has 2 aromatic carbocycles. The number of anilines is 2. The monoisotopic (exact) mass is 316 g/mol. The van der Waals surface area contributed by atoms with E-state index in [1.165, 1.54) is 22.5 Å². The van der Waals surface area contributed by atoms with Gasteiger partial charge < -0.3 is 9.80 Å². The van der Waals surface area contributed by atoms with Crippen LogP contribution in [0.3, 0.4) is 0 Å². The molecule has 0 saturated heterocycles. The molecule has 2 aromatic rings. The zero-order valence-corrected chi connectivity index (χ0v) is 14.4. The van der Waals surface area contributed by atoms with Crippen LogP contribution >= 0.6 is 12.4 Å². The van der Waals surface area contributed by atoms with E-state index in [4.69, 9.17) is 0 Å². The topological polar surface area (TPSA) is 6.48 Å². The number of nitrogens with zero attached hydrogens (tertiary/aromatic N) is 2. The van der Waals surface area contributed by atoms with Gasteiger partial charge in [0.05, 0.1) is 0 Å². The Bertz CT molecular complexity index is 577. The van der Waals surface area contributed by atoms with E-state index in [-0.39, 0.29) is 12.4 Å². The van der Waals surface area contributed by atoms with Crippen LogP contribution in [0.5, 0.6) is 0 Å². The highest BCUT2D eigenvalue weighted by atomic mass is 35.5. The maximum absolute atomic E-state index is 2.50. The molecule has 3 heteroatoms. The third-order valence-electron chi connectivity index (χ3n) is 4.56. The number of halogens is 1. The summed E-state index contributed by atoms with van der Waals surface area (Å²) in [6.07, 6.45) is 2.25. The number of hydrogen-bond donors (Lipinski definition) is 0. The maximum Gasteiger partial charge on any atom is 0.0444 e. The Morgan fingerprint density at radius 3 is 1.82 bits per heavy atom. The van der Waals surface area contributed by atoms with Crippen LogP contribution in [0.4, 0.5) is 11.4 Å². The number of aryl methyl sites for hydroxylation is 2. The van der Waals surface area contributed by atoms with Crippen molar-refractivity contribution in [3.63, 3.8) is 0 Å². The van der Waals surface area contributed by atoms with Crippen molar-refractivity contribution in [2.75, 3.05) is 25.5 Å². The van der Waals surface area contributed by atoms with Crippen LogP contribution in [-0.2, 0) is 12.8 Å². The number of likely N-dealkylation sites (N-methyl/N-ethyl adjacent to an activating group) is 1. The van der Waals surface area contributed by atoms with E-state index in [1.54, 1.807) is 0 Å². The van der Waals surface area contributed by atoms with Gasteiger partial charge in [-0.25, -0.2) is 0 Å². The summed E-state index contributed by atoms with van der Waals surface area (Å²) < 4.78 is 0. The highest BCUT2D eigenvalue weighted by molar-refractivity contribution is 5.85. The molecule has 22 heavy (non-hydrogen) atoms. The fourth-order valence-corrected chi connectivity index (χ4v) is 2.99. The SMILES string of the molecule is CC(CN1c2ccccc2CCc2ccccc21)N(C)C.Cl. The quantitative estimate of drug-likeness (QED) is 0.833. The molecule has 118 valence electrons. The van der Waals surface area contributed by atoms with Crippen molar-refractivity contribution < 1.29 is 0 Å². The molecule has 0 amide bonds. The Morgan fingerprint density at radius 2 is 1.36 bits per heavy atom. The van der Waals surface area contributed by atoms with Gasteiger partial charge in [-0.1, -0.05) is 36.4 Å². The lowest BCUT2D eigenvalue weighted by atomic mass is 10.0. The standard InChI is InChI=1S/C19H24N2.ClH/c1-15(20(2)3)14-21-18-10-6-4-8-16(18)12-13-17-9-5-7-11-19(17)21;/h4-11,15H,12-14H2,1-3H3;1H. The molecule has 0 N–H and O–H groups in total. The zero-order chi connectivity index (χ0) is 14.8. The van der Waals surface area contributed by atoms with Gasteiger partial charge in [0, 0.05) is 24.0 Å². The van der Waals surface area contributed by atoms with Crippen molar-refractivity contribution in [3.8, 4) is 0 Å².